The summed E-state index contributed by atoms with van der Waals surface area (Å²) < 4.78 is 0. The van der Waals surface area contributed by atoms with Crippen LogP contribution >= 0.6 is 11.6 Å². The lowest BCUT2D eigenvalue weighted by Crippen LogP contribution is -2.42. The molecule has 0 aromatic heterocycles. The van der Waals surface area contributed by atoms with Crippen molar-refractivity contribution in [3.05, 3.63) is 28.8 Å². The number of nitrogens with one attached hydrogen (secondary N) is 1. The van der Waals surface area contributed by atoms with Crippen LogP contribution in [0.3, 0.4) is 0 Å². The Hall–Kier alpha value is -0.730. The number of nitrogens with zero attached hydrogens (tertiary/aromatic N) is 1. The van der Waals surface area contributed by atoms with Gasteiger partial charge in [0.1, 0.15) is 0 Å². The molecule has 2 rings (SSSR count). The molecule has 0 amide bonds. The third-order valence-corrected chi connectivity index (χ3v) is 4.90. The van der Waals surface area contributed by atoms with Crippen molar-refractivity contribution in [2.75, 3.05) is 11.4 Å². The van der Waals surface area contributed by atoms with Crippen LogP contribution in [0.1, 0.15) is 53.0 Å². The molecule has 1 heterocycles. The average Bonchev–Trinajstić information content (AvgIpc) is 2.39. The van der Waals surface area contributed by atoms with Crippen LogP contribution in [0.5, 0.6) is 0 Å². The number of benzene rings is 1. The Morgan fingerprint density at radius 3 is 2.62 bits per heavy atom. The molecular formula is C18H29ClN2. The Labute approximate surface area is 134 Å². The molecule has 1 aliphatic rings. The van der Waals surface area contributed by atoms with Crippen LogP contribution in [-0.2, 0) is 6.54 Å². The fourth-order valence-corrected chi connectivity index (χ4v) is 3.16. The van der Waals surface area contributed by atoms with Gasteiger partial charge in [-0.15, -0.1) is 0 Å². The first-order valence-electron chi connectivity index (χ1n) is 8.08. The number of piperidine rings is 1. The van der Waals surface area contributed by atoms with Crippen molar-refractivity contribution in [3.8, 4) is 0 Å². The van der Waals surface area contributed by atoms with Crippen LogP contribution in [0, 0.1) is 5.92 Å². The Kier molecular flexibility index (Phi) is 5.21. The van der Waals surface area contributed by atoms with Crippen LogP contribution in [0.25, 0.3) is 0 Å². The Morgan fingerprint density at radius 2 is 2.00 bits per heavy atom. The molecule has 1 fully saturated rings. The smallest absolute Gasteiger partial charge is 0.0471 e. The van der Waals surface area contributed by atoms with E-state index in [-0.39, 0.29) is 5.54 Å². The molecule has 1 aromatic rings. The van der Waals surface area contributed by atoms with Gasteiger partial charge in [-0.1, -0.05) is 24.6 Å². The number of hydrogen-bond donors (Lipinski definition) is 1. The van der Waals surface area contributed by atoms with Crippen LogP contribution in [0.4, 0.5) is 5.69 Å². The van der Waals surface area contributed by atoms with E-state index in [1.807, 2.05) is 0 Å². The summed E-state index contributed by atoms with van der Waals surface area (Å²) in [5.41, 5.74) is 2.55. The second-order valence-corrected chi connectivity index (χ2v) is 7.84. The van der Waals surface area contributed by atoms with Gasteiger partial charge in [0.2, 0.25) is 0 Å². The van der Waals surface area contributed by atoms with Crippen molar-refractivity contribution in [1.29, 1.82) is 0 Å². The van der Waals surface area contributed by atoms with E-state index in [4.69, 9.17) is 11.6 Å². The third kappa shape index (κ3) is 4.37. The lowest BCUT2D eigenvalue weighted by molar-refractivity contribution is 0.363. The zero-order valence-corrected chi connectivity index (χ0v) is 14.8. The zero-order valence-electron chi connectivity index (χ0n) is 14.0. The van der Waals surface area contributed by atoms with Crippen LogP contribution in [-0.4, -0.2) is 18.1 Å². The summed E-state index contributed by atoms with van der Waals surface area (Å²) in [5.74, 6) is 0.750. The normalized spacial score (nSPS) is 23.4. The first-order valence-corrected chi connectivity index (χ1v) is 8.46. The molecular weight excluding hydrogens is 280 g/mol. The van der Waals surface area contributed by atoms with Gasteiger partial charge in [-0.25, -0.2) is 0 Å². The molecule has 21 heavy (non-hydrogen) atoms. The molecule has 1 aliphatic heterocycles. The van der Waals surface area contributed by atoms with Crippen molar-refractivity contribution in [1.82, 2.24) is 5.32 Å². The van der Waals surface area contributed by atoms with Gasteiger partial charge in [0.05, 0.1) is 0 Å². The van der Waals surface area contributed by atoms with Gasteiger partial charge in [-0.3, -0.25) is 0 Å². The largest absolute Gasteiger partial charge is 0.369 e. The highest BCUT2D eigenvalue weighted by Gasteiger charge is 2.25. The summed E-state index contributed by atoms with van der Waals surface area (Å²) in [5, 5.41) is 4.37. The maximum atomic E-state index is 6.49. The summed E-state index contributed by atoms with van der Waals surface area (Å²) in [6, 6.07) is 7.12. The van der Waals surface area contributed by atoms with E-state index in [0.717, 1.165) is 24.0 Å². The monoisotopic (exact) mass is 308 g/mol. The van der Waals surface area contributed by atoms with Gasteiger partial charge in [0.25, 0.3) is 0 Å². The van der Waals surface area contributed by atoms with Crippen molar-refractivity contribution >= 4 is 17.3 Å². The lowest BCUT2D eigenvalue weighted by Gasteiger charge is -2.39. The van der Waals surface area contributed by atoms with E-state index in [2.05, 4.69) is 63.0 Å². The van der Waals surface area contributed by atoms with E-state index in [1.165, 1.54) is 24.1 Å². The summed E-state index contributed by atoms with van der Waals surface area (Å²) in [7, 11) is 0. The summed E-state index contributed by atoms with van der Waals surface area (Å²) in [6.45, 7) is 13.1. The van der Waals surface area contributed by atoms with E-state index in [0.29, 0.717) is 6.04 Å². The Morgan fingerprint density at radius 1 is 1.29 bits per heavy atom. The van der Waals surface area contributed by atoms with E-state index >= 15 is 0 Å². The van der Waals surface area contributed by atoms with Gasteiger partial charge >= 0.3 is 0 Å². The molecule has 2 atom stereocenters. The second kappa shape index (κ2) is 6.58. The molecule has 3 heteroatoms. The predicted molar refractivity (Wildman–Crippen MR) is 93.3 cm³/mol. The van der Waals surface area contributed by atoms with Gasteiger partial charge in [-0.2, -0.15) is 0 Å². The summed E-state index contributed by atoms with van der Waals surface area (Å²) in [6.07, 6.45) is 2.61. The molecule has 0 bridgehead atoms. The number of anilines is 1. The molecule has 2 nitrogen and oxygen atoms in total. The fraction of sp³-hybridized carbons (Fsp3) is 0.667. The first kappa shape index (κ1) is 16.6. The molecule has 0 radical (unpaired) electrons. The summed E-state index contributed by atoms with van der Waals surface area (Å²) >= 11 is 6.49. The quantitative estimate of drug-likeness (QED) is 0.858. The minimum Gasteiger partial charge on any atom is -0.369 e. The van der Waals surface area contributed by atoms with Crippen molar-refractivity contribution in [2.24, 2.45) is 5.92 Å². The van der Waals surface area contributed by atoms with Crippen molar-refractivity contribution in [2.45, 2.75) is 65.6 Å². The maximum Gasteiger partial charge on any atom is 0.0471 e. The molecule has 1 aromatic carbocycles. The standard InChI is InChI=1S/C18H29ClN2/c1-13-7-6-10-21(14(13)2)16-9-8-15(17(19)11-16)12-20-18(3,4)5/h8-9,11,13-14,20H,6-7,10,12H2,1-5H3. The highest BCUT2D eigenvalue weighted by molar-refractivity contribution is 6.31. The maximum absolute atomic E-state index is 6.49. The van der Waals surface area contributed by atoms with Gasteiger partial charge in [0, 0.05) is 35.4 Å². The summed E-state index contributed by atoms with van der Waals surface area (Å²) in [4.78, 5) is 2.50. The SMILES string of the molecule is CC1CCCN(c2ccc(CNC(C)(C)C)c(Cl)c2)C1C. The molecule has 1 saturated heterocycles. The van der Waals surface area contributed by atoms with Crippen LogP contribution < -0.4 is 10.2 Å². The van der Waals surface area contributed by atoms with Crippen LogP contribution in [0.15, 0.2) is 18.2 Å². The van der Waals surface area contributed by atoms with Crippen molar-refractivity contribution in [3.63, 3.8) is 0 Å². The van der Waals surface area contributed by atoms with Crippen LogP contribution in [0.2, 0.25) is 5.02 Å². The van der Waals surface area contributed by atoms with E-state index < -0.39 is 0 Å². The van der Waals surface area contributed by atoms with E-state index in [1.54, 1.807) is 0 Å². The average molecular weight is 309 g/mol. The molecule has 0 spiro atoms. The molecule has 0 saturated carbocycles. The zero-order chi connectivity index (χ0) is 15.6. The molecule has 118 valence electrons. The molecule has 0 aliphatic carbocycles. The number of rotatable bonds is 3. The van der Waals surface area contributed by atoms with Gasteiger partial charge in [-0.05, 0) is 64.2 Å². The number of hydrogen-bond acceptors (Lipinski definition) is 2. The Bertz CT molecular complexity index is 479. The predicted octanol–water partition coefficient (Wildman–Crippen LogP) is 4.85. The third-order valence-electron chi connectivity index (χ3n) is 4.55. The Balaban J connectivity index is 2.11. The fourth-order valence-electron chi connectivity index (χ4n) is 2.92. The topological polar surface area (TPSA) is 15.3 Å². The van der Waals surface area contributed by atoms with Crippen molar-refractivity contribution < 1.29 is 0 Å². The van der Waals surface area contributed by atoms with Gasteiger partial charge < -0.3 is 10.2 Å². The van der Waals surface area contributed by atoms with Gasteiger partial charge in [0.15, 0.2) is 0 Å². The molecule has 1 N–H and O–H groups in total. The minimum absolute atomic E-state index is 0.110. The number of halogens is 1. The first-order chi connectivity index (χ1) is 9.78. The lowest BCUT2D eigenvalue weighted by atomic mass is 9.91. The highest BCUT2D eigenvalue weighted by Crippen LogP contribution is 2.31. The minimum atomic E-state index is 0.110. The second-order valence-electron chi connectivity index (χ2n) is 7.43. The highest BCUT2D eigenvalue weighted by atomic mass is 35.5. The van der Waals surface area contributed by atoms with E-state index in [9.17, 15) is 0 Å². The molecule has 2 unspecified atom stereocenters.